The largest absolute Gasteiger partial charge is 0.493 e. The number of amides is 2. The van der Waals surface area contributed by atoms with Crippen LogP contribution in [0.2, 0.25) is 0 Å². The van der Waals surface area contributed by atoms with Crippen LogP contribution in [0.1, 0.15) is 73.1 Å². The number of ketones is 2. The molecule has 2 amide bonds. The molecule has 1 saturated heterocycles. The van der Waals surface area contributed by atoms with Crippen LogP contribution >= 0.6 is 0 Å². The van der Waals surface area contributed by atoms with Gasteiger partial charge in [0.1, 0.15) is 5.75 Å². The first-order chi connectivity index (χ1) is 23.4. The van der Waals surface area contributed by atoms with Gasteiger partial charge in [0.15, 0.2) is 17.4 Å². The van der Waals surface area contributed by atoms with Crippen molar-refractivity contribution >= 4 is 41.1 Å². The molecule has 6 rings (SSSR count). The van der Waals surface area contributed by atoms with Gasteiger partial charge in [-0.2, -0.15) is 0 Å². The minimum atomic E-state index is -0.253. The Morgan fingerprint density at radius 3 is 2.45 bits per heavy atom. The highest BCUT2D eigenvalue weighted by Crippen LogP contribution is 2.34. The third-order valence-corrected chi connectivity index (χ3v) is 9.05. The van der Waals surface area contributed by atoms with Crippen molar-refractivity contribution in [2.45, 2.75) is 52.0 Å². The van der Waals surface area contributed by atoms with Gasteiger partial charge in [-0.1, -0.05) is 12.2 Å². The van der Waals surface area contributed by atoms with Gasteiger partial charge in [0.2, 0.25) is 11.7 Å². The zero-order chi connectivity index (χ0) is 35.0. The van der Waals surface area contributed by atoms with Crippen molar-refractivity contribution in [2.75, 3.05) is 18.5 Å². The number of aryl methyl sites for hydroxylation is 5. The molecule has 49 heavy (non-hydrogen) atoms. The molecular weight excluding hydrogens is 622 g/mol. The number of carbonyl (C=O) groups is 4. The first-order valence-corrected chi connectivity index (χ1v) is 16.3. The minimum absolute atomic E-state index is 0.0227. The Balaban J connectivity index is 0.994. The van der Waals surface area contributed by atoms with Crippen molar-refractivity contribution in [3.63, 3.8) is 0 Å². The van der Waals surface area contributed by atoms with Crippen LogP contribution in [0, 0.1) is 13.8 Å². The SMILES string of the molecule is C=C1C[C@H]2C=Nc3cc(OCCCC(=O)Nc4cn(C)c(C(=O)Cc5cc(C(=O)Cc6cc(C)n(C)c6)n(C)c5)n4)c(C)cc3C(=O)N2C1. The quantitative estimate of drug-likeness (QED) is 0.131. The fraction of sp³-hybridized carbons (Fsp3) is 0.351. The lowest BCUT2D eigenvalue weighted by Crippen LogP contribution is -2.35. The van der Waals surface area contributed by atoms with Crippen LogP contribution in [-0.2, 0) is 38.8 Å². The Bertz CT molecular complexity index is 2010. The Kier molecular flexibility index (Phi) is 9.22. The lowest BCUT2D eigenvalue weighted by atomic mass is 10.1. The molecule has 0 aliphatic carbocycles. The summed E-state index contributed by atoms with van der Waals surface area (Å²) in [5.41, 5.74) is 6.23. The summed E-state index contributed by atoms with van der Waals surface area (Å²) in [6.07, 6.45) is 8.84. The van der Waals surface area contributed by atoms with Crippen LogP contribution in [0.15, 0.2) is 60.0 Å². The second-order valence-corrected chi connectivity index (χ2v) is 13.1. The van der Waals surface area contributed by atoms with Gasteiger partial charge < -0.3 is 28.7 Å². The molecule has 12 nitrogen and oxygen atoms in total. The van der Waals surface area contributed by atoms with E-state index in [-0.39, 0.29) is 66.9 Å². The van der Waals surface area contributed by atoms with E-state index in [4.69, 9.17) is 4.74 Å². The first kappa shape index (κ1) is 33.4. The predicted molar refractivity (Wildman–Crippen MR) is 186 cm³/mol. The average Bonchev–Trinajstić information content (AvgIpc) is 3.78. The number of aromatic nitrogens is 4. The molecule has 3 aromatic heterocycles. The Labute approximate surface area is 285 Å². The second-order valence-electron chi connectivity index (χ2n) is 13.1. The summed E-state index contributed by atoms with van der Waals surface area (Å²) in [7, 11) is 5.44. The topological polar surface area (TPSA) is 133 Å². The third-order valence-electron chi connectivity index (χ3n) is 9.05. The number of hydrogen-bond acceptors (Lipinski definition) is 7. The van der Waals surface area contributed by atoms with E-state index in [0.717, 1.165) is 28.8 Å². The molecule has 5 heterocycles. The molecule has 0 bridgehead atoms. The lowest BCUT2D eigenvalue weighted by molar-refractivity contribution is -0.116. The molecular formula is C37H41N7O5. The van der Waals surface area contributed by atoms with Crippen molar-refractivity contribution in [1.29, 1.82) is 0 Å². The molecule has 0 saturated carbocycles. The number of rotatable bonds is 12. The van der Waals surface area contributed by atoms with E-state index in [9.17, 15) is 19.2 Å². The second kappa shape index (κ2) is 13.5. The number of imidazole rings is 1. The van der Waals surface area contributed by atoms with Gasteiger partial charge in [0.25, 0.3) is 5.91 Å². The highest BCUT2D eigenvalue weighted by Gasteiger charge is 2.34. The molecule has 1 fully saturated rings. The number of benzene rings is 1. The summed E-state index contributed by atoms with van der Waals surface area (Å²) < 4.78 is 11.3. The van der Waals surface area contributed by atoms with Crippen LogP contribution < -0.4 is 10.1 Å². The van der Waals surface area contributed by atoms with E-state index >= 15 is 0 Å². The summed E-state index contributed by atoms with van der Waals surface area (Å²) in [6.45, 7) is 8.72. The van der Waals surface area contributed by atoms with E-state index in [1.54, 1.807) is 58.9 Å². The standard InChI is InChI=1S/C37H41N7O5/c1-22-10-27-17-38-29-16-33(23(2)11-28(29)37(48)44(27)18-22)49-9-7-8-35(47)39-34-21-43(6)36(40-34)32(46)15-26-13-30(42(5)20-26)31(45)14-25-12-24(3)41(4)19-25/h11-13,16-17,19-21,27H,1,7-10,14-15,18H2,2-6H3,(H,39,47)/t27-/m0/s1. The Morgan fingerprint density at radius 1 is 0.959 bits per heavy atom. The molecule has 1 N–H and O–H groups in total. The fourth-order valence-electron chi connectivity index (χ4n) is 6.42. The maximum Gasteiger partial charge on any atom is 0.256 e. The van der Waals surface area contributed by atoms with E-state index in [0.29, 0.717) is 41.2 Å². The van der Waals surface area contributed by atoms with Crippen LogP contribution in [0.25, 0.3) is 0 Å². The minimum Gasteiger partial charge on any atom is -0.493 e. The van der Waals surface area contributed by atoms with Gasteiger partial charge in [-0.05, 0) is 61.6 Å². The van der Waals surface area contributed by atoms with Gasteiger partial charge in [0, 0.05) is 83.5 Å². The molecule has 0 unspecified atom stereocenters. The van der Waals surface area contributed by atoms with Gasteiger partial charge in [-0.15, -0.1) is 0 Å². The maximum atomic E-state index is 13.2. The van der Waals surface area contributed by atoms with Crippen LogP contribution in [-0.4, -0.2) is 72.4 Å². The van der Waals surface area contributed by atoms with Gasteiger partial charge in [-0.25, -0.2) is 4.98 Å². The number of hydrogen-bond donors (Lipinski definition) is 1. The van der Waals surface area contributed by atoms with Crippen LogP contribution in [0.5, 0.6) is 5.75 Å². The summed E-state index contributed by atoms with van der Waals surface area (Å²) in [5, 5.41) is 2.77. The number of nitrogens with one attached hydrogen (secondary N) is 1. The normalized spacial score (nSPS) is 15.3. The van der Waals surface area contributed by atoms with E-state index < -0.39 is 0 Å². The zero-order valence-corrected chi connectivity index (χ0v) is 28.6. The summed E-state index contributed by atoms with van der Waals surface area (Å²) in [5.74, 6) is 0.545. The zero-order valence-electron chi connectivity index (χ0n) is 28.6. The number of fused-ring (bicyclic) bond motifs is 2. The van der Waals surface area contributed by atoms with Crippen molar-refractivity contribution in [1.82, 2.24) is 23.6 Å². The van der Waals surface area contributed by atoms with Crippen molar-refractivity contribution in [3.8, 4) is 5.75 Å². The third kappa shape index (κ3) is 7.18. The number of ether oxygens (including phenoxy) is 1. The predicted octanol–water partition coefficient (Wildman–Crippen LogP) is 4.85. The first-order valence-electron chi connectivity index (χ1n) is 16.3. The monoisotopic (exact) mass is 663 g/mol. The van der Waals surface area contributed by atoms with Crippen molar-refractivity contribution in [2.24, 2.45) is 26.1 Å². The fourth-order valence-corrected chi connectivity index (χ4v) is 6.42. The molecule has 1 aromatic carbocycles. The molecule has 1 atom stereocenters. The number of nitrogens with zero attached hydrogens (tertiary/aromatic N) is 6. The van der Waals surface area contributed by atoms with Gasteiger partial charge >= 0.3 is 0 Å². The smallest absolute Gasteiger partial charge is 0.256 e. The molecule has 0 radical (unpaired) electrons. The van der Waals surface area contributed by atoms with Crippen molar-refractivity contribution in [3.05, 3.63) is 94.5 Å². The van der Waals surface area contributed by atoms with Crippen molar-refractivity contribution < 1.29 is 23.9 Å². The summed E-state index contributed by atoms with van der Waals surface area (Å²) in [6, 6.07) is 7.26. The molecule has 2 aliphatic rings. The number of Topliss-reactive ketones (excluding diaryl/α,β-unsaturated/α-hetero) is 2. The molecule has 4 aromatic rings. The molecule has 2 aliphatic heterocycles. The number of anilines is 1. The molecule has 0 spiro atoms. The lowest BCUT2D eigenvalue weighted by Gasteiger charge is -2.20. The Morgan fingerprint density at radius 2 is 1.69 bits per heavy atom. The highest BCUT2D eigenvalue weighted by molar-refractivity contribution is 6.03. The van der Waals surface area contributed by atoms with Gasteiger partial charge in [-0.3, -0.25) is 24.2 Å². The number of aliphatic imine (C=N–C) groups is 1. The van der Waals surface area contributed by atoms with E-state index in [1.165, 1.54) is 0 Å². The molecule has 254 valence electrons. The van der Waals surface area contributed by atoms with E-state index in [1.807, 2.05) is 43.8 Å². The number of carbonyl (C=O) groups excluding carboxylic acids is 4. The average molecular weight is 664 g/mol. The molecule has 12 heteroatoms. The van der Waals surface area contributed by atoms with Gasteiger partial charge in [0.05, 0.1) is 29.6 Å². The highest BCUT2D eigenvalue weighted by atomic mass is 16.5. The van der Waals surface area contributed by atoms with Crippen LogP contribution in [0.3, 0.4) is 0 Å². The Hall–Kier alpha value is -5.52. The summed E-state index contributed by atoms with van der Waals surface area (Å²) in [4.78, 5) is 62.7. The van der Waals surface area contributed by atoms with E-state index in [2.05, 4.69) is 21.9 Å². The van der Waals surface area contributed by atoms with Crippen LogP contribution in [0.4, 0.5) is 11.5 Å². The maximum absolute atomic E-state index is 13.2. The summed E-state index contributed by atoms with van der Waals surface area (Å²) >= 11 is 0.